The molecule has 0 bridgehead atoms. The lowest BCUT2D eigenvalue weighted by Gasteiger charge is -2.24. The minimum atomic E-state index is -0.917. The quantitative estimate of drug-likeness (QED) is 0.904. The summed E-state index contributed by atoms with van der Waals surface area (Å²) in [5.74, 6) is -1.67. The number of aliphatic carboxylic acids is 1. The third kappa shape index (κ3) is 2.25. The Hall–Kier alpha value is -1.43. The van der Waals surface area contributed by atoms with Gasteiger partial charge in [0.25, 0.3) is 0 Å². The lowest BCUT2D eigenvalue weighted by molar-refractivity contribution is -0.142. The molecule has 0 spiro atoms. The number of carbonyl (C=O) groups excluding carboxylic acids is 1. The van der Waals surface area contributed by atoms with E-state index in [9.17, 15) is 14.7 Å². The number of hydrogen-bond acceptors (Lipinski definition) is 4. The second-order valence-electron chi connectivity index (χ2n) is 4.51. The second kappa shape index (κ2) is 5.06. The molecule has 18 heavy (non-hydrogen) atoms. The molecular formula is C12H16N2O3S. The first-order chi connectivity index (χ1) is 8.54. The summed E-state index contributed by atoms with van der Waals surface area (Å²) < 4.78 is 0. The highest BCUT2D eigenvalue weighted by atomic mass is 32.1. The van der Waals surface area contributed by atoms with Crippen molar-refractivity contribution in [2.24, 2.45) is 5.92 Å². The fourth-order valence-corrected chi connectivity index (χ4v) is 3.30. The van der Waals surface area contributed by atoms with E-state index in [2.05, 4.69) is 4.98 Å². The van der Waals surface area contributed by atoms with Crippen molar-refractivity contribution in [2.45, 2.75) is 32.7 Å². The zero-order valence-corrected chi connectivity index (χ0v) is 11.2. The molecule has 98 valence electrons. The molecule has 2 heterocycles. The van der Waals surface area contributed by atoms with Crippen LogP contribution in [-0.4, -0.2) is 33.4 Å². The number of thiazole rings is 1. The summed E-state index contributed by atoms with van der Waals surface area (Å²) in [5, 5.41) is 11.9. The number of amides is 1. The van der Waals surface area contributed by atoms with Crippen LogP contribution in [-0.2, 0) is 9.59 Å². The molecule has 1 N–H and O–H groups in total. The lowest BCUT2D eigenvalue weighted by atomic mass is 10.0. The van der Waals surface area contributed by atoms with Gasteiger partial charge in [-0.2, -0.15) is 0 Å². The van der Waals surface area contributed by atoms with Crippen molar-refractivity contribution < 1.29 is 14.7 Å². The molecule has 2 rings (SSSR count). The van der Waals surface area contributed by atoms with Crippen molar-refractivity contribution in [3.63, 3.8) is 0 Å². The van der Waals surface area contributed by atoms with E-state index in [1.54, 1.807) is 4.90 Å². The average Bonchev–Trinajstić information content (AvgIpc) is 2.85. The summed E-state index contributed by atoms with van der Waals surface area (Å²) in [6.07, 6.45) is 0.900. The Balaban J connectivity index is 2.35. The van der Waals surface area contributed by atoms with Crippen molar-refractivity contribution >= 4 is 23.2 Å². The van der Waals surface area contributed by atoms with Gasteiger partial charge < -0.3 is 10.0 Å². The van der Waals surface area contributed by atoms with Gasteiger partial charge in [0, 0.05) is 24.0 Å². The molecule has 1 aromatic heterocycles. The van der Waals surface area contributed by atoms with Gasteiger partial charge in [-0.15, -0.1) is 11.3 Å². The van der Waals surface area contributed by atoms with Crippen LogP contribution in [0.1, 0.15) is 36.5 Å². The third-order valence-electron chi connectivity index (χ3n) is 3.10. The van der Waals surface area contributed by atoms with Crippen LogP contribution in [0.25, 0.3) is 0 Å². The van der Waals surface area contributed by atoms with Gasteiger partial charge in [-0.1, -0.05) is 6.92 Å². The SMILES string of the molecule is CCCN1C(=O)CC(C(=O)O)C1c1nc(C)cs1. The molecule has 2 atom stereocenters. The van der Waals surface area contributed by atoms with Crippen LogP contribution in [0.5, 0.6) is 0 Å². The molecule has 1 saturated heterocycles. The van der Waals surface area contributed by atoms with Gasteiger partial charge >= 0.3 is 5.97 Å². The van der Waals surface area contributed by atoms with Crippen LogP contribution in [0, 0.1) is 12.8 Å². The number of likely N-dealkylation sites (tertiary alicyclic amines) is 1. The molecule has 5 nitrogen and oxygen atoms in total. The summed E-state index contributed by atoms with van der Waals surface area (Å²) in [6, 6.07) is -0.395. The van der Waals surface area contributed by atoms with Crippen molar-refractivity contribution in [2.75, 3.05) is 6.54 Å². The van der Waals surface area contributed by atoms with E-state index in [1.807, 2.05) is 19.2 Å². The summed E-state index contributed by atoms with van der Waals surface area (Å²) in [6.45, 7) is 4.44. The lowest BCUT2D eigenvalue weighted by Crippen LogP contribution is -2.31. The summed E-state index contributed by atoms with van der Waals surface area (Å²) >= 11 is 1.43. The molecule has 0 aliphatic carbocycles. The van der Waals surface area contributed by atoms with Crippen LogP contribution in [0.2, 0.25) is 0 Å². The molecule has 1 aliphatic rings. The number of carboxylic acids is 1. The maximum absolute atomic E-state index is 11.9. The largest absolute Gasteiger partial charge is 0.481 e. The molecule has 1 amide bonds. The van der Waals surface area contributed by atoms with E-state index in [0.717, 1.165) is 17.1 Å². The Bertz CT molecular complexity index is 472. The number of hydrogen-bond donors (Lipinski definition) is 1. The minimum Gasteiger partial charge on any atom is -0.481 e. The van der Waals surface area contributed by atoms with Crippen molar-refractivity contribution in [3.8, 4) is 0 Å². The monoisotopic (exact) mass is 268 g/mol. The number of carboxylic acid groups (broad SMARTS) is 1. The Kier molecular flexibility index (Phi) is 3.65. The predicted molar refractivity (Wildman–Crippen MR) is 67.3 cm³/mol. The van der Waals surface area contributed by atoms with E-state index in [1.165, 1.54) is 11.3 Å². The fourth-order valence-electron chi connectivity index (χ4n) is 2.33. The molecule has 0 saturated carbocycles. The Morgan fingerprint density at radius 2 is 2.39 bits per heavy atom. The molecule has 0 radical (unpaired) electrons. The van der Waals surface area contributed by atoms with Gasteiger partial charge in [-0.3, -0.25) is 9.59 Å². The normalized spacial score (nSPS) is 23.7. The first-order valence-electron chi connectivity index (χ1n) is 5.99. The minimum absolute atomic E-state index is 0.0814. The highest BCUT2D eigenvalue weighted by molar-refractivity contribution is 7.09. The number of carbonyl (C=O) groups is 2. The molecule has 1 fully saturated rings. The smallest absolute Gasteiger partial charge is 0.309 e. The van der Waals surface area contributed by atoms with Gasteiger partial charge in [0.2, 0.25) is 5.91 Å². The Morgan fingerprint density at radius 1 is 1.67 bits per heavy atom. The Labute approximate surface area is 109 Å². The standard InChI is InChI=1S/C12H16N2O3S/c1-3-4-14-9(15)5-8(12(16)17)10(14)11-13-7(2)6-18-11/h6,8,10H,3-5H2,1-2H3,(H,16,17). The number of rotatable bonds is 4. The number of nitrogens with zero attached hydrogens (tertiary/aromatic N) is 2. The molecule has 6 heteroatoms. The number of aromatic nitrogens is 1. The zero-order valence-electron chi connectivity index (χ0n) is 10.4. The van der Waals surface area contributed by atoms with Gasteiger partial charge in [-0.05, 0) is 13.3 Å². The topological polar surface area (TPSA) is 70.5 Å². The molecule has 0 aromatic carbocycles. The average molecular weight is 268 g/mol. The van der Waals surface area contributed by atoms with Crippen LogP contribution in [0.15, 0.2) is 5.38 Å². The summed E-state index contributed by atoms with van der Waals surface area (Å²) in [7, 11) is 0. The van der Waals surface area contributed by atoms with E-state index < -0.39 is 17.9 Å². The predicted octanol–water partition coefficient (Wildman–Crippen LogP) is 1.84. The van der Waals surface area contributed by atoms with Crippen molar-refractivity contribution in [1.29, 1.82) is 0 Å². The van der Waals surface area contributed by atoms with Crippen LogP contribution in [0.3, 0.4) is 0 Å². The van der Waals surface area contributed by atoms with E-state index in [4.69, 9.17) is 0 Å². The van der Waals surface area contributed by atoms with E-state index >= 15 is 0 Å². The maximum Gasteiger partial charge on any atom is 0.309 e. The van der Waals surface area contributed by atoms with E-state index in [-0.39, 0.29) is 12.3 Å². The first kappa shape index (κ1) is 13.0. The molecule has 2 unspecified atom stereocenters. The van der Waals surface area contributed by atoms with Crippen LogP contribution >= 0.6 is 11.3 Å². The van der Waals surface area contributed by atoms with Crippen LogP contribution in [0.4, 0.5) is 0 Å². The third-order valence-corrected chi connectivity index (χ3v) is 4.14. The van der Waals surface area contributed by atoms with Gasteiger partial charge in [-0.25, -0.2) is 4.98 Å². The van der Waals surface area contributed by atoms with E-state index in [0.29, 0.717) is 6.54 Å². The van der Waals surface area contributed by atoms with Gasteiger partial charge in [0.1, 0.15) is 5.01 Å². The summed E-state index contributed by atoms with van der Waals surface area (Å²) in [4.78, 5) is 29.2. The molecule has 1 aliphatic heterocycles. The highest BCUT2D eigenvalue weighted by Crippen LogP contribution is 2.39. The first-order valence-corrected chi connectivity index (χ1v) is 6.86. The maximum atomic E-state index is 11.9. The molecular weight excluding hydrogens is 252 g/mol. The van der Waals surface area contributed by atoms with Crippen molar-refractivity contribution in [3.05, 3.63) is 16.1 Å². The van der Waals surface area contributed by atoms with Gasteiger partial charge in [0.15, 0.2) is 0 Å². The fraction of sp³-hybridized carbons (Fsp3) is 0.583. The number of aryl methyl sites for hydroxylation is 1. The Morgan fingerprint density at radius 3 is 2.89 bits per heavy atom. The van der Waals surface area contributed by atoms with Crippen LogP contribution < -0.4 is 0 Å². The van der Waals surface area contributed by atoms with Crippen molar-refractivity contribution in [1.82, 2.24) is 9.88 Å². The summed E-state index contributed by atoms with van der Waals surface area (Å²) in [5.41, 5.74) is 0.870. The molecule has 1 aromatic rings. The second-order valence-corrected chi connectivity index (χ2v) is 5.40. The van der Waals surface area contributed by atoms with Gasteiger partial charge in [0.05, 0.1) is 12.0 Å². The highest BCUT2D eigenvalue weighted by Gasteiger charge is 2.45. The zero-order chi connectivity index (χ0) is 13.3.